The summed E-state index contributed by atoms with van der Waals surface area (Å²) in [5.41, 5.74) is 1.23. The number of carbonyl (C=O) groups is 6. The highest BCUT2D eigenvalue weighted by Crippen LogP contribution is 2.25. The molecule has 0 aliphatic heterocycles. The third-order valence-electron chi connectivity index (χ3n) is 11.1. The van der Waals surface area contributed by atoms with Crippen molar-refractivity contribution in [2.75, 3.05) is 80.8 Å². The summed E-state index contributed by atoms with van der Waals surface area (Å²) in [6.45, 7) is 5.05. The number of ether oxygens (including phenoxy) is 4. The van der Waals surface area contributed by atoms with Gasteiger partial charge in [-0.3, -0.25) is 28.8 Å². The van der Waals surface area contributed by atoms with Gasteiger partial charge in [-0.05, 0) is 96.7 Å². The van der Waals surface area contributed by atoms with Crippen molar-refractivity contribution in [3.05, 3.63) is 59.7 Å². The van der Waals surface area contributed by atoms with Crippen LogP contribution in [0.4, 0.5) is 0 Å². The van der Waals surface area contributed by atoms with E-state index in [4.69, 9.17) is 18.9 Å². The fourth-order valence-electron chi connectivity index (χ4n) is 7.30. The molecule has 14 heteroatoms. The lowest BCUT2D eigenvalue weighted by Crippen LogP contribution is -2.30. The van der Waals surface area contributed by atoms with Crippen LogP contribution in [0.3, 0.4) is 0 Å². The summed E-state index contributed by atoms with van der Waals surface area (Å²) in [5, 5.41) is 10.0. The lowest BCUT2D eigenvalue weighted by atomic mass is 9.99. The maximum Gasteiger partial charge on any atom is 0.306 e. The average molecular weight is 863 g/mol. The highest BCUT2D eigenvalue weighted by Gasteiger charge is 2.14. The first kappa shape index (κ1) is 51.3. The second-order valence-electron chi connectivity index (χ2n) is 15.7. The van der Waals surface area contributed by atoms with Crippen LogP contribution in [-0.4, -0.2) is 126 Å². The molecule has 62 heavy (non-hydrogen) atoms. The predicted octanol–water partition coefficient (Wildman–Crippen LogP) is 6.99. The van der Waals surface area contributed by atoms with Crippen LogP contribution in [0.1, 0.15) is 123 Å². The van der Waals surface area contributed by atoms with Crippen LogP contribution in [0.25, 0.3) is 21.5 Å². The molecular weight excluding hydrogens is 793 g/mol. The van der Waals surface area contributed by atoms with Crippen molar-refractivity contribution in [3.63, 3.8) is 0 Å². The van der Waals surface area contributed by atoms with Crippen LogP contribution in [-0.2, 0) is 38.1 Å². The van der Waals surface area contributed by atoms with E-state index in [0.29, 0.717) is 76.1 Å². The summed E-state index contributed by atoms with van der Waals surface area (Å²) in [6.07, 6.45) is 13.4. The van der Waals surface area contributed by atoms with E-state index in [9.17, 15) is 28.8 Å². The number of nitrogens with one attached hydrogen (secondary N) is 2. The molecule has 0 saturated heterocycles. The first-order valence-corrected chi connectivity index (χ1v) is 22.3. The maximum atomic E-state index is 13.0. The first-order valence-electron chi connectivity index (χ1n) is 22.3. The van der Waals surface area contributed by atoms with Crippen LogP contribution in [0.2, 0.25) is 0 Å². The third kappa shape index (κ3) is 20.2. The second-order valence-corrected chi connectivity index (χ2v) is 15.7. The van der Waals surface area contributed by atoms with Gasteiger partial charge in [0.1, 0.15) is 0 Å². The highest BCUT2D eigenvalue weighted by molar-refractivity contribution is 6.05. The third-order valence-corrected chi connectivity index (χ3v) is 11.1. The van der Waals surface area contributed by atoms with Crippen molar-refractivity contribution < 1.29 is 47.7 Å². The van der Waals surface area contributed by atoms with E-state index < -0.39 is 0 Å². The van der Waals surface area contributed by atoms with Crippen molar-refractivity contribution in [2.45, 2.75) is 103 Å². The Morgan fingerprint density at radius 1 is 0.387 bits per heavy atom. The smallest absolute Gasteiger partial charge is 0.306 e. The minimum absolute atomic E-state index is 0.0949. The molecule has 2 amide bonds. The van der Waals surface area contributed by atoms with Gasteiger partial charge in [0.2, 0.25) is 0 Å². The number of methoxy groups -OCH3 is 4. The minimum Gasteiger partial charge on any atom is -0.469 e. The van der Waals surface area contributed by atoms with E-state index in [1.54, 1.807) is 0 Å². The van der Waals surface area contributed by atoms with Gasteiger partial charge in [0, 0.05) is 50.4 Å². The molecule has 0 aliphatic rings. The van der Waals surface area contributed by atoms with Gasteiger partial charge in [0.05, 0.1) is 54.1 Å². The lowest BCUT2D eigenvalue weighted by molar-refractivity contribution is -0.142. The van der Waals surface area contributed by atoms with E-state index in [2.05, 4.69) is 32.6 Å². The van der Waals surface area contributed by atoms with Gasteiger partial charge in [0.15, 0.2) is 0 Å². The van der Waals surface area contributed by atoms with E-state index in [1.807, 2.05) is 36.4 Å². The normalized spacial score (nSPS) is 11.2. The number of rotatable bonds is 32. The van der Waals surface area contributed by atoms with Crippen LogP contribution in [0, 0.1) is 0 Å². The van der Waals surface area contributed by atoms with Gasteiger partial charge in [-0.1, -0.05) is 63.5 Å². The van der Waals surface area contributed by atoms with Gasteiger partial charge in [-0.15, -0.1) is 0 Å². The molecule has 342 valence electrons. The Kier molecular flexibility index (Phi) is 24.8. The molecule has 0 aliphatic carbocycles. The topological polar surface area (TPSA) is 170 Å². The molecule has 3 rings (SSSR count). The molecular formula is C48H70N4O10. The minimum atomic E-state index is -0.260. The molecule has 0 unspecified atom stereocenters. The number of esters is 4. The van der Waals surface area contributed by atoms with E-state index in [1.165, 1.54) is 28.4 Å². The molecule has 0 heterocycles. The Hall–Kier alpha value is -5.08. The van der Waals surface area contributed by atoms with E-state index >= 15 is 0 Å². The highest BCUT2D eigenvalue weighted by atomic mass is 16.5. The summed E-state index contributed by atoms with van der Waals surface area (Å²) in [4.78, 5) is 76.5. The number of carbonyl (C=O) groups excluding carboxylic acids is 6. The second kappa shape index (κ2) is 30.0. The van der Waals surface area contributed by atoms with E-state index in [-0.39, 0.29) is 35.7 Å². The van der Waals surface area contributed by atoms with Gasteiger partial charge < -0.3 is 39.4 Å². The van der Waals surface area contributed by atoms with Gasteiger partial charge in [0.25, 0.3) is 11.8 Å². The van der Waals surface area contributed by atoms with Crippen molar-refractivity contribution in [1.29, 1.82) is 0 Å². The molecule has 0 spiro atoms. The largest absolute Gasteiger partial charge is 0.469 e. The summed E-state index contributed by atoms with van der Waals surface area (Å²) >= 11 is 0. The number of benzene rings is 3. The number of fused-ring (bicyclic) bond motifs is 2. The molecule has 0 atom stereocenters. The van der Waals surface area contributed by atoms with Gasteiger partial charge in [-0.2, -0.15) is 0 Å². The molecule has 0 aromatic heterocycles. The quantitative estimate of drug-likeness (QED) is 0.0286. The number of hydrogen-bond donors (Lipinski definition) is 2. The molecule has 3 aromatic rings. The Morgan fingerprint density at radius 2 is 0.694 bits per heavy atom. The lowest BCUT2D eigenvalue weighted by Gasteiger charge is -2.21. The summed E-state index contributed by atoms with van der Waals surface area (Å²) < 4.78 is 19.0. The zero-order valence-corrected chi connectivity index (χ0v) is 37.6. The number of amides is 2. The Labute approximate surface area is 367 Å². The summed E-state index contributed by atoms with van der Waals surface area (Å²) in [5.74, 6) is -1.23. The summed E-state index contributed by atoms with van der Waals surface area (Å²) in [7, 11) is 5.51. The monoisotopic (exact) mass is 863 g/mol. The zero-order valence-electron chi connectivity index (χ0n) is 37.6. The SMILES string of the molecule is COC(=O)CCN(CCCCCCCCNC(=O)c1ccc2cc3cc(C(=O)NCCCCCCCCN(CCC(=O)OC)CCC(=O)OC)ccc3cc2c1)CCC(=O)OC. The number of unbranched alkanes of at least 4 members (excludes halogenated alkanes) is 10. The van der Waals surface area contributed by atoms with Crippen molar-refractivity contribution in [3.8, 4) is 0 Å². The maximum absolute atomic E-state index is 13.0. The predicted molar refractivity (Wildman–Crippen MR) is 241 cm³/mol. The Bertz CT molecular complexity index is 1690. The first-order chi connectivity index (χ1) is 30.1. The van der Waals surface area contributed by atoms with Crippen LogP contribution >= 0.6 is 0 Å². The van der Waals surface area contributed by atoms with Crippen molar-refractivity contribution in [2.24, 2.45) is 0 Å². The molecule has 14 nitrogen and oxygen atoms in total. The van der Waals surface area contributed by atoms with Gasteiger partial charge in [-0.25, -0.2) is 0 Å². The Balaban J connectivity index is 1.32. The average Bonchev–Trinajstić information content (AvgIpc) is 3.29. The molecule has 0 bridgehead atoms. The summed E-state index contributed by atoms with van der Waals surface area (Å²) in [6, 6.07) is 15.5. The molecule has 3 aromatic carbocycles. The molecule has 2 N–H and O–H groups in total. The van der Waals surface area contributed by atoms with Gasteiger partial charge >= 0.3 is 23.9 Å². The van der Waals surface area contributed by atoms with Crippen LogP contribution in [0.15, 0.2) is 48.5 Å². The van der Waals surface area contributed by atoms with Crippen LogP contribution < -0.4 is 10.6 Å². The van der Waals surface area contributed by atoms with Crippen molar-refractivity contribution >= 4 is 57.2 Å². The van der Waals surface area contributed by atoms with Crippen LogP contribution in [0.5, 0.6) is 0 Å². The number of nitrogens with zero attached hydrogens (tertiary/aromatic N) is 2. The molecule has 0 radical (unpaired) electrons. The number of hydrogen-bond acceptors (Lipinski definition) is 12. The standard InChI is InChI=1S/C48H70N4O10/c1-59-43(53)21-29-51(30-22-44(54)60-2)27-15-11-7-5-9-13-25-49-47(57)39-19-17-37-34-42-36-40(20-18-38(42)33-41(37)35-39)48(58)50-26-14-10-6-8-12-16-28-52(31-23-45(55)61-3)32-24-46(56)62-4/h17-20,33-36H,5-16,21-32H2,1-4H3,(H,49,57)(H,50,58). The molecule has 0 fully saturated rings. The fourth-order valence-corrected chi connectivity index (χ4v) is 7.30. The zero-order chi connectivity index (χ0) is 45.0. The fraction of sp³-hybridized carbons (Fsp3) is 0.583. The Morgan fingerprint density at radius 3 is 1.02 bits per heavy atom. The van der Waals surface area contributed by atoms with Crippen molar-refractivity contribution in [1.82, 2.24) is 20.4 Å². The molecule has 0 saturated carbocycles. The van der Waals surface area contributed by atoms with E-state index in [0.717, 1.165) is 112 Å².